The molecule has 1 heterocycles. The standard InChI is InChI=1S/C16H18N4O5/c1-19(2)10-9-17-15(21)11-5-3-4-6-12(11)18-16(22)13-7-8-14(25-13)20(23)24/h3-8H,9-10H2,1-2H3,(H,17,21)(H,18,22). The molecule has 0 saturated heterocycles. The van der Waals surface area contributed by atoms with Crippen LogP contribution in [-0.2, 0) is 0 Å². The monoisotopic (exact) mass is 346 g/mol. The minimum atomic E-state index is -0.733. The Morgan fingerprint density at radius 3 is 2.52 bits per heavy atom. The third-order valence-electron chi connectivity index (χ3n) is 3.26. The van der Waals surface area contributed by atoms with Crippen LogP contribution in [0.3, 0.4) is 0 Å². The molecule has 0 fully saturated rings. The number of furan rings is 1. The molecule has 2 aromatic rings. The van der Waals surface area contributed by atoms with Crippen molar-refractivity contribution >= 4 is 23.4 Å². The summed E-state index contributed by atoms with van der Waals surface area (Å²) in [5.74, 6) is -1.75. The van der Waals surface area contributed by atoms with Crippen LogP contribution in [0.5, 0.6) is 0 Å². The highest BCUT2D eigenvalue weighted by molar-refractivity contribution is 6.07. The first-order chi connectivity index (χ1) is 11.9. The van der Waals surface area contributed by atoms with Crippen molar-refractivity contribution < 1.29 is 18.9 Å². The number of para-hydroxylation sites is 1. The van der Waals surface area contributed by atoms with Crippen LogP contribution < -0.4 is 10.6 Å². The van der Waals surface area contributed by atoms with Crippen molar-refractivity contribution in [3.63, 3.8) is 0 Å². The number of carbonyl (C=O) groups is 2. The lowest BCUT2D eigenvalue weighted by atomic mass is 10.1. The van der Waals surface area contributed by atoms with E-state index in [9.17, 15) is 19.7 Å². The van der Waals surface area contributed by atoms with Gasteiger partial charge in [-0.2, -0.15) is 0 Å². The maximum Gasteiger partial charge on any atom is 0.433 e. The molecule has 9 heteroatoms. The molecule has 0 bridgehead atoms. The van der Waals surface area contributed by atoms with E-state index in [1.54, 1.807) is 24.3 Å². The third kappa shape index (κ3) is 4.88. The number of anilines is 1. The number of nitrogens with zero attached hydrogens (tertiary/aromatic N) is 2. The maximum atomic E-state index is 12.3. The number of likely N-dealkylation sites (N-methyl/N-ethyl adjacent to an activating group) is 1. The van der Waals surface area contributed by atoms with Crippen molar-refractivity contribution in [1.82, 2.24) is 10.2 Å². The van der Waals surface area contributed by atoms with Gasteiger partial charge in [-0.05, 0) is 32.3 Å². The first-order valence-corrected chi connectivity index (χ1v) is 7.46. The number of hydrogen-bond acceptors (Lipinski definition) is 6. The quantitative estimate of drug-likeness (QED) is 0.582. The summed E-state index contributed by atoms with van der Waals surface area (Å²) in [7, 11) is 3.78. The second-order valence-corrected chi connectivity index (χ2v) is 5.45. The Hall–Kier alpha value is -3.20. The number of benzene rings is 1. The minimum absolute atomic E-state index is 0.213. The predicted octanol–water partition coefficient (Wildman–Crippen LogP) is 1.73. The topological polar surface area (TPSA) is 118 Å². The second-order valence-electron chi connectivity index (χ2n) is 5.45. The van der Waals surface area contributed by atoms with E-state index in [0.717, 1.165) is 6.07 Å². The molecule has 0 aliphatic heterocycles. The van der Waals surface area contributed by atoms with Gasteiger partial charge in [-0.3, -0.25) is 19.7 Å². The Bertz CT molecular complexity index is 784. The van der Waals surface area contributed by atoms with Crippen molar-refractivity contribution in [2.75, 3.05) is 32.5 Å². The number of carbonyl (C=O) groups excluding carboxylic acids is 2. The molecule has 2 amide bonds. The first kappa shape index (κ1) is 18.1. The van der Waals surface area contributed by atoms with Crippen LogP contribution in [0.15, 0.2) is 40.8 Å². The summed E-state index contributed by atoms with van der Waals surface area (Å²) < 4.78 is 4.85. The zero-order chi connectivity index (χ0) is 18.4. The van der Waals surface area contributed by atoms with E-state index >= 15 is 0 Å². The first-order valence-electron chi connectivity index (χ1n) is 7.46. The molecule has 0 saturated carbocycles. The Kier molecular flexibility index (Phi) is 5.85. The van der Waals surface area contributed by atoms with Crippen molar-refractivity contribution in [2.24, 2.45) is 0 Å². The molecule has 2 rings (SSSR count). The van der Waals surface area contributed by atoms with Crippen molar-refractivity contribution in [1.29, 1.82) is 0 Å². The van der Waals surface area contributed by atoms with Gasteiger partial charge in [-0.1, -0.05) is 12.1 Å². The van der Waals surface area contributed by atoms with Gasteiger partial charge in [0.05, 0.1) is 17.3 Å². The van der Waals surface area contributed by atoms with Gasteiger partial charge < -0.3 is 20.0 Å². The largest absolute Gasteiger partial charge is 0.433 e. The fourth-order valence-electron chi connectivity index (χ4n) is 2.01. The zero-order valence-electron chi connectivity index (χ0n) is 13.8. The summed E-state index contributed by atoms with van der Waals surface area (Å²) in [5.41, 5.74) is 0.574. The summed E-state index contributed by atoms with van der Waals surface area (Å²) >= 11 is 0. The smallest absolute Gasteiger partial charge is 0.395 e. The summed E-state index contributed by atoms with van der Waals surface area (Å²) in [5, 5.41) is 15.9. The maximum absolute atomic E-state index is 12.3. The highest BCUT2D eigenvalue weighted by Gasteiger charge is 2.19. The Morgan fingerprint density at radius 2 is 1.88 bits per heavy atom. The van der Waals surface area contributed by atoms with Gasteiger partial charge in [0.2, 0.25) is 0 Å². The van der Waals surface area contributed by atoms with Gasteiger partial charge >= 0.3 is 5.88 Å². The van der Waals surface area contributed by atoms with E-state index in [2.05, 4.69) is 10.6 Å². The number of amides is 2. The molecule has 1 aromatic carbocycles. The predicted molar refractivity (Wildman–Crippen MR) is 90.6 cm³/mol. The molecule has 0 aliphatic carbocycles. The Labute approximate surface area is 143 Å². The van der Waals surface area contributed by atoms with E-state index in [0.29, 0.717) is 13.1 Å². The molecule has 25 heavy (non-hydrogen) atoms. The molecule has 0 atom stereocenters. The number of rotatable bonds is 7. The molecule has 0 unspecified atom stereocenters. The molecule has 1 aromatic heterocycles. The van der Waals surface area contributed by atoms with Crippen molar-refractivity contribution in [2.45, 2.75) is 0 Å². The molecule has 9 nitrogen and oxygen atoms in total. The molecule has 2 N–H and O–H groups in total. The lowest BCUT2D eigenvalue weighted by molar-refractivity contribution is -0.402. The summed E-state index contributed by atoms with van der Waals surface area (Å²) in [6.07, 6.45) is 0. The van der Waals surface area contributed by atoms with Crippen LogP contribution >= 0.6 is 0 Å². The Balaban J connectivity index is 2.10. The van der Waals surface area contributed by atoms with E-state index in [-0.39, 0.29) is 22.9 Å². The van der Waals surface area contributed by atoms with E-state index in [1.807, 2.05) is 19.0 Å². The Morgan fingerprint density at radius 1 is 1.16 bits per heavy atom. The minimum Gasteiger partial charge on any atom is -0.395 e. The van der Waals surface area contributed by atoms with Crippen LogP contribution in [0, 0.1) is 10.1 Å². The van der Waals surface area contributed by atoms with Crippen LogP contribution in [0.2, 0.25) is 0 Å². The summed E-state index contributed by atoms with van der Waals surface area (Å²) in [6.45, 7) is 1.13. The fourth-order valence-corrected chi connectivity index (χ4v) is 2.01. The van der Waals surface area contributed by atoms with Gasteiger partial charge in [-0.15, -0.1) is 0 Å². The molecule has 0 spiro atoms. The van der Waals surface area contributed by atoms with Gasteiger partial charge in [0, 0.05) is 13.1 Å². The molecular formula is C16H18N4O5. The van der Waals surface area contributed by atoms with Crippen LogP contribution in [0.1, 0.15) is 20.9 Å². The average Bonchev–Trinajstić information content (AvgIpc) is 3.05. The van der Waals surface area contributed by atoms with Crippen molar-refractivity contribution in [3.8, 4) is 0 Å². The van der Waals surface area contributed by atoms with Gasteiger partial charge in [-0.25, -0.2) is 0 Å². The lowest BCUT2D eigenvalue weighted by Gasteiger charge is -2.12. The zero-order valence-corrected chi connectivity index (χ0v) is 13.8. The van der Waals surface area contributed by atoms with E-state index in [1.165, 1.54) is 6.07 Å². The van der Waals surface area contributed by atoms with E-state index < -0.39 is 16.7 Å². The number of nitro groups is 1. The highest BCUT2D eigenvalue weighted by Crippen LogP contribution is 2.19. The van der Waals surface area contributed by atoms with Crippen LogP contribution in [0.4, 0.5) is 11.6 Å². The lowest BCUT2D eigenvalue weighted by Crippen LogP contribution is -2.32. The number of hydrogen-bond donors (Lipinski definition) is 2. The normalized spacial score (nSPS) is 10.5. The molecule has 132 valence electrons. The molecule has 0 radical (unpaired) electrons. The summed E-state index contributed by atoms with van der Waals surface area (Å²) in [4.78, 5) is 36.2. The van der Waals surface area contributed by atoms with Crippen molar-refractivity contribution in [3.05, 3.63) is 57.8 Å². The third-order valence-corrected chi connectivity index (χ3v) is 3.26. The fraction of sp³-hybridized carbons (Fsp3) is 0.250. The van der Waals surface area contributed by atoms with E-state index in [4.69, 9.17) is 4.42 Å². The van der Waals surface area contributed by atoms with Gasteiger partial charge in [0.15, 0.2) is 5.76 Å². The molecular weight excluding hydrogens is 328 g/mol. The van der Waals surface area contributed by atoms with Gasteiger partial charge in [0.25, 0.3) is 11.8 Å². The SMILES string of the molecule is CN(C)CCNC(=O)c1ccccc1NC(=O)c1ccc([N+](=O)[O-])o1. The highest BCUT2D eigenvalue weighted by atomic mass is 16.6. The second kappa shape index (κ2) is 8.06. The number of nitrogens with one attached hydrogen (secondary N) is 2. The van der Waals surface area contributed by atoms with Crippen LogP contribution in [0.25, 0.3) is 0 Å². The molecule has 0 aliphatic rings. The van der Waals surface area contributed by atoms with Crippen LogP contribution in [-0.4, -0.2) is 48.8 Å². The average molecular weight is 346 g/mol. The van der Waals surface area contributed by atoms with Gasteiger partial charge in [0.1, 0.15) is 4.92 Å². The summed E-state index contributed by atoms with van der Waals surface area (Å²) in [6, 6.07) is 8.77.